The summed E-state index contributed by atoms with van der Waals surface area (Å²) in [6.07, 6.45) is 0.298. The number of nitrogens with one attached hydrogen (secondary N) is 3. The number of amides is 1. The summed E-state index contributed by atoms with van der Waals surface area (Å²) in [4.78, 5) is 28.4. The number of ether oxygens (including phenoxy) is 2. The predicted molar refractivity (Wildman–Crippen MR) is 140 cm³/mol. The number of nitrogens with zero attached hydrogens (tertiary/aromatic N) is 1. The number of nitrogens with two attached hydrogens (primary N) is 1. The van der Waals surface area contributed by atoms with Gasteiger partial charge in [0.15, 0.2) is 18.1 Å². The number of carboxylic acids is 1. The Morgan fingerprint density at radius 3 is 2.53 bits per heavy atom. The summed E-state index contributed by atoms with van der Waals surface area (Å²) < 4.78 is 11.1. The molecule has 200 valence electrons. The van der Waals surface area contributed by atoms with Crippen LogP contribution in [0.1, 0.15) is 40.1 Å². The zero-order chi connectivity index (χ0) is 27.7. The third kappa shape index (κ3) is 7.18. The van der Waals surface area contributed by atoms with Gasteiger partial charge < -0.3 is 41.2 Å². The van der Waals surface area contributed by atoms with E-state index in [0.717, 1.165) is 0 Å². The van der Waals surface area contributed by atoms with Gasteiger partial charge >= 0.3 is 5.97 Å². The van der Waals surface area contributed by atoms with Crippen LogP contribution >= 0.6 is 0 Å². The van der Waals surface area contributed by atoms with Gasteiger partial charge in [0.05, 0.1) is 18.8 Å². The Bertz CT molecular complexity index is 1300. The number of hydrogen-bond acceptors (Lipinski definition) is 9. The van der Waals surface area contributed by atoms with Crippen LogP contribution in [0, 0.1) is 5.41 Å². The van der Waals surface area contributed by atoms with E-state index in [0.29, 0.717) is 22.4 Å². The molecule has 0 bridgehead atoms. The highest BCUT2D eigenvalue weighted by molar-refractivity contribution is 6.07. The van der Waals surface area contributed by atoms with E-state index in [9.17, 15) is 19.8 Å². The Morgan fingerprint density at radius 2 is 1.89 bits per heavy atom. The van der Waals surface area contributed by atoms with Gasteiger partial charge in [0.1, 0.15) is 17.8 Å². The maximum atomic E-state index is 13.0. The number of anilines is 2. The zero-order valence-corrected chi connectivity index (χ0v) is 20.6. The first-order valence-electron chi connectivity index (χ1n) is 11.6. The van der Waals surface area contributed by atoms with Crippen molar-refractivity contribution in [1.29, 1.82) is 5.41 Å². The van der Waals surface area contributed by atoms with Crippen molar-refractivity contribution in [3.63, 3.8) is 0 Å². The van der Waals surface area contributed by atoms with Crippen molar-refractivity contribution in [1.82, 2.24) is 4.98 Å². The van der Waals surface area contributed by atoms with Gasteiger partial charge in [-0.25, -0.2) is 9.78 Å². The average molecular weight is 524 g/mol. The number of carbonyl (C=O) groups is 2. The van der Waals surface area contributed by atoms with Crippen LogP contribution in [0.25, 0.3) is 0 Å². The summed E-state index contributed by atoms with van der Waals surface area (Å²) in [7, 11) is 0. The minimum atomic E-state index is -1.20. The summed E-state index contributed by atoms with van der Waals surface area (Å²) in [5.41, 5.74) is 7.46. The van der Waals surface area contributed by atoms with Gasteiger partial charge in [0, 0.05) is 29.6 Å². The van der Waals surface area contributed by atoms with Crippen molar-refractivity contribution in [3.05, 3.63) is 77.0 Å². The molecular formula is C26H29N5O7. The maximum Gasteiger partial charge on any atom is 0.341 e. The number of benzene rings is 2. The fraction of sp³-hybridized carbons (Fsp3) is 0.231. The molecule has 0 saturated carbocycles. The van der Waals surface area contributed by atoms with E-state index in [1.807, 2.05) is 0 Å². The maximum absolute atomic E-state index is 13.0. The highest BCUT2D eigenvalue weighted by Gasteiger charge is 2.20. The van der Waals surface area contributed by atoms with Crippen molar-refractivity contribution in [2.45, 2.75) is 19.6 Å². The lowest BCUT2D eigenvalue weighted by Crippen LogP contribution is -2.17. The quantitative estimate of drug-likeness (QED) is 0.129. The van der Waals surface area contributed by atoms with Crippen LogP contribution in [0.3, 0.4) is 0 Å². The van der Waals surface area contributed by atoms with Crippen LogP contribution in [0.4, 0.5) is 11.5 Å². The number of nitrogen functional groups attached to an aromatic ring is 1. The first kappa shape index (κ1) is 27.9. The number of pyridine rings is 1. The fourth-order valence-electron chi connectivity index (χ4n) is 3.51. The number of aliphatic hydroxyl groups is 2. The monoisotopic (exact) mass is 523 g/mol. The van der Waals surface area contributed by atoms with Gasteiger partial charge in [0.25, 0.3) is 5.91 Å². The molecule has 3 rings (SSSR count). The van der Waals surface area contributed by atoms with E-state index in [1.54, 1.807) is 49.4 Å². The largest absolute Gasteiger partial charge is 0.490 e. The van der Waals surface area contributed by atoms with Crippen LogP contribution in [-0.4, -0.2) is 57.8 Å². The summed E-state index contributed by atoms with van der Waals surface area (Å²) in [6.45, 7) is 0.833. The third-order valence-corrected chi connectivity index (χ3v) is 5.30. The Labute approximate surface area is 218 Å². The van der Waals surface area contributed by atoms with Crippen molar-refractivity contribution >= 4 is 29.2 Å². The number of amidine groups is 1. The van der Waals surface area contributed by atoms with Crippen LogP contribution in [0.2, 0.25) is 0 Å². The molecule has 0 aliphatic carbocycles. The van der Waals surface area contributed by atoms with Gasteiger partial charge in [-0.2, -0.15) is 0 Å². The lowest BCUT2D eigenvalue weighted by atomic mass is 10.0. The minimum Gasteiger partial charge on any atom is -0.490 e. The Kier molecular flexibility index (Phi) is 9.57. The predicted octanol–water partition coefficient (Wildman–Crippen LogP) is 2.12. The molecule has 0 aliphatic rings. The van der Waals surface area contributed by atoms with Gasteiger partial charge in [-0.1, -0.05) is 0 Å². The lowest BCUT2D eigenvalue weighted by Gasteiger charge is -2.19. The third-order valence-electron chi connectivity index (χ3n) is 5.30. The number of aliphatic hydroxyl groups excluding tert-OH is 2. The van der Waals surface area contributed by atoms with Crippen LogP contribution < -0.4 is 25.8 Å². The Balaban J connectivity index is 1.88. The average Bonchev–Trinajstić information content (AvgIpc) is 2.91. The molecule has 0 radical (unpaired) electrons. The molecule has 0 fully saturated rings. The number of carboxylic acid groups (broad SMARTS) is 1. The summed E-state index contributed by atoms with van der Waals surface area (Å²) in [5, 5.41) is 42.0. The second-order valence-electron chi connectivity index (χ2n) is 8.02. The highest BCUT2D eigenvalue weighted by atomic mass is 16.5. The zero-order valence-electron chi connectivity index (χ0n) is 20.6. The molecule has 1 unspecified atom stereocenters. The standard InChI is InChI=1S/C26H29N5O7/c1-2-37-21-11-16(20(33)13-32)10-17(23(21)38-14-22(34)35)12-30-25-19(4-3-9-29-25)26(36)31-18-7-5-15(6-8-18)24(27)28/h3-11,20,32-33H,2,12-14H2,1H3,(H3,27,28)(H,29,30)(H,31,36)(H,34,35). The molecule has 38 heavy (non-hydrogen) atoms. The molecule has 12 nitrogen and oxygen atoms in total. The van der Waals surface area contributed by atoms with E-state index >= 15 is 0 Å². The second kappa shape index (κ2) is 13.0. The van der Waals surface area contributed by atoms with E-state index in [2.05, 4.69) is 15.6 Å². The first-order chi connectivity index (χ1) is 18.2. The van der Waals surface area contributed by atoms with Crippen LogP contribution in [0.5, 0.6) is 11.5 Å². The molecule has 3 aromatic rings. The number of aliphatic carboxylic acids is 1. The topological polar surface area (TPSA) is 200 Å². The van der Waals surface area contributed by atoms with Gasteiger partial charge in [-0.3, -0.25) is 10.2 Å². The van der Waals surface area contributed by atoms with Gasteiger partial charge in [0.2, 0.25) is 0 Å². The van der Waals surface area contributed by atoms with E-state index < -0.39 is 31.2 Å². The number of aromatic nitrogens is 1. The van der Waals surface area contributed by atoms with Crippen molar-refractivity contribution in [2.24, 2.45) is 5.73 Å². The molecule has 1 atom stereocenters. The molecule has 1 aromatic heterocycles. The molecule has 1 amide bonds. The molecule has 0 saturated heterocycles. The van der Waals surface area contributed by atoms with Crippen molar-refractivity contribution in [2.75, 3.05) is 30.5 Å². The first-order valence-corrected chi connectivity index (χ1v) is 11.6. The molecule has 0 spiro atoms. The van der Waals surface area contributed by atoms with Crippen LogP contribution in [-0.2, 0) is 11.3 Å². The lowest BCUT2D eigenvalue weighted by molar-refractivity contribution is -0.139. The Morgan fingerprint density at radius 1 is 1.16 bits per heavy atom. The smallest absolute Gasteiger partial charge is 0.341 e. The SMILES string of the molecule is CCOc1cc(C(O)CO)cc(CNc2ncccc2C(=O)Nc2ccc(C(=N)N)cc2)c1OCC(=O)O. The second-order valence-corrected chi connectivity index (χ2v) is 8.02. The Hall–Kier alpha value is -4.68. The normalized spacial score (nSPS) is 11.3. The number of carbonyl (C=O) groups excluding carboxylic acids is 1. The summed E-state index contributed by atoms with van der Waals surface area (Å²) in [6, 6.07) is 12.7. The molecule has 12 heteroatoms. The summed E-state index contributed by atoms with van der Waals surface area (Å²) >= 11 is 0. The fourth-order valence-corrected chi connectivity index (χ4v) is 3.51. The molecule has 2 aromatic carbocycles. The molecule has 8 N–H and O–H groups in total. The van der Waals surface area contributed by atoms with Crippen LogP contribution in [0.15, 0.2) is 54.7 Å². The molecule has 0 aliphatic heterocycles. The highest BCUT2D eigenvalue weighted by Crippen LogP contribution is 2.36. The number of rotatable bonds is 13. The van der Waals surface area contributed by atoms with E-state index in [-0.39, 0.29) is 41.9 Å². The number of hydrogen-bond donors (Lipinski definition) is 7. The van der Waals surface area contributed by atoms with E-state index in [4.69, 9.17) is 25.7 Å². The van der Waals surface area contributed by atoms with E-state index in [1.165, 1.54) is 12.3 Å². The van der Waals surface area contributed by atoms with Gasteiger partial charge in [-0.15, -0.1) is 0 Å². The van der Waals surface area contributed by atoms with Gasteiger partial charge in [-0.05, 0) is 61.0 Å². The minimum absolute atomic E-state index is 0.0195. The van der Waals surface area contributed by atoms with Crippen molar-refractivity contribution < 1.29 is 34.4 Å². The molecular weight excluding hydrogens is 494 g/mol. The van der Waals surface area contributed by atoms with Crippen molar-refractivity contribution in [3.8, 4) is 11.5 Å². The molecule has 1 heterocycles. The summed E-state index contributed by atoms with van der Waals surface area (Å²) in [5.74, 6) is -1.15.